The first-order valence-corrected chi connectivity index (χ1v) is 8.62. The van der Waals surface area contributed by atoms with Gasteiger partial charge in [0.15, 0.2) is 0 Å². The third-order valence-electron chi connectivity index (χ3n) is 2.83. The summed E-state index contributed by atoms with van der Waals surface area (Å²) in [5.41, 5.74) is 12.4. The van der Waals surface area contributed by atoms with E-state index in [9.17, 15) is 4.79 Å². The summed E-state index contributed by atoms with van der Waals surface area (Å²) in [6.07, 6.45) is 2.23. The van der Waals surface area contributed by atoms with Gasteiger partial charge in [-0.15, -0.1) is 0 Å². The van der Waals surface area contributed by atoms with Crippen LogP contribution in [-0.2, 0) is 15.8 Å². The predicted molar refractivity (Wildman–Crippen MR) is 81.6 cm³/mol. The molecule has 5 N–H and O–H groups in total. The molecule has 0 saturated carbocycles. The van der Waals surface area contributed by atoms with Crippen LogP contribution in [0.25, 0.3) is 0 Å². The van der Waals surface area contributed by atoms with E-state index in [2.05, 4.69) is 17.4 Å². The van der Waals surface area contributed by atoms with Gasteiger partial charge in [0.2, 0.25) is 5.91 Å². The number of hydrogen-bond donors (Lipinski definition) is 3. The molecule has 0 spiro atoms. The van der Waals surface area contributed by atoms with Gasteiger partial charge in [-0.25, -0.2) is 0 Å². The Kier molecular flexibility index (Phi) is 10.7. The molecule has 1 unspecified atom stereocenters. The fourth-order valence-electron chi connectivity index (χ4n) is 1.84. The number of nitrogens with one attached hydrogen (secondary N) is 1. The minimum absolute atomic E-state index is 0.0869. The monoisotopic (exact) mass is 344 g/mol. The number of nitrogens with two attached hydrogens (primary N) is 2. The second kappa shape index (κ2) is 11.3. The maximum Gasteiger partial charge on any atom is 0.237 e. The Bertz CT molecular complexity index is 486. The van der Waals surface area contributed by atoms with E-state index in [0.29, 0.717) is 13.0 Å². The summed E-state index contributed by atoms with van der Waals surface area (Å²) >= 11 is 0. The summed E-state index contributed by atoms with van der Waals surface area (Å²) in [5.74, 6) is -0.0909. The molecule has 1 aromatic rings. The molecule has 1 rings (SSSR count). The standard InChI is InChI=1S/C14H23N3O.H3O4P/c1-11(10-12-6-3-2-4-7-12)17-14(18)13(16)8-5-9-15;1-5(2,3)4/h2-4,6-7,11,13H,5,8-10,15-16H2,1H3,(H,17,18);(H3,1,2,3,4)/p-3/t11-,13?;/m0./s1. The van der Waals surface area contributed by atoms with Crippen LogP contribution in [-0.4, -0.2) is 24.5 Å². The van der Waals surface area contributed by atoms with Gasteiger partial charge in [0.05, 0.1) is 6.04 Å². The lowest BCUT2D eigenvalue weighted by atomic mass is 10.1. The minimum Gasteiger partial charge on any atom is -0.822 e. The van der Waals surface area contributed by atoms with Crippen LogP contribution in [0.5, 0.6) is 0 Å². The van der Waals surface area contributed by atoms with Crippen molar-refractivity contribution in [1.29, 1.82) is 0 Å². The first-order chi connectivity index (χ1) is 10.6. The smallest absolute Gasteiger partial charge is 0.237 e. The van der Waals surface area contributed by atoms with Gasteiger partial charge >= 0.3 is 0 Å². The highest BCUT2D eigenvalue weighted by molar-refractivity contribution is 7.40. The fraction of sp³-hybridized carbons (Fsp3) is 0.500. The molecule has 0 heterocycles. The Morgan fingerprint density at radius 2 is 1.78 bits per heavy atom. The molecule has 9 heteroatoms. The van der Waals surface area contributed by atoms with Crippen LogP contribution in [0.1, 0.15) is 25.3 Å². The first-order valence-electron chi connectivity index (χ1n) is 7.16. The Balaban J connectivity index is 0.000000841. The van der Waals surface area contributed by atoms with E-state index in [-0.39, 0.29) is 11.9 Å². The predicted octanol–water partition coefficient (Wildman–Crippen LogP) is -2.02. The second-order valence-electron chi connectivity index (χ2n) is 5.08. The van der Waals surface area contributed by atoms with Crippen molar-refractivity contribution < 1.29 is 24.0 Å². The Morgan fingerprint density at radius 1 is 1.26 bits per heavy atom. The van der Waals surface area contributed by atoms with Crippen molar-refractivity contribution in [3.8, 4) is 0 Å². The average molecular weight is 344 g/mol. The molecule has 0 fully saturated rings. The van der Waals surface area contributed by atoms with E-state index < -0.39 is 13.9 Å². The first kappa shape index (κ1) is 21.7. The molecule has 23 heavy (non-hydrogen) atoms. The van der Waals surface area contributed by atoms with Gasteiger partial charge in [-0.2, -0.15) is 7.82 Å². The lowest BCUT2D eigenvalue weighted by molar-refractivity contribution is -0.432. The van der Waals surface area contributed by atoms with Crippen LogP contribution in [0.15, 0.2) is 30.3 Å². The fourth-order valence-corrected chi connectivity index (χ4v) is 1.84. The number of rotatable bonds is 7. The zero-order valence-electron chi connectivity index (χ0n) is 13.0. The molecule has 0 saturated heterocycles. The summed E-state index contributed by atoms with van der Waals surface area (Å²) < 4.78 is 8.55. The molecule has 0 aliphatic heterocycles. The van der Waals surface area contributed by atoms with Crippen LogP contribution in [0.4, 0.5) is 0 Å². The van der Waals surface area contributed by atoms with Crippen LogP contribution in [0.2, 0.25) is 0 Å². The molecule has 0 aliphatic rings. The van der Waals surface area contributed by atoms with E-state index >= 15 is 0 Å². The van der Waals surface area contributed by atoms with Gasteiger partial charge in [0, 0.05) is 6.04 Å². The van der Waals surface area contributed by atoms with Gasteiger partial charge in [-0.3, -0.25) is 4.79 Å². The minimum atomic E-state index is -5.39. The largest absolute Gasteiger partial charge is 0.822 e. The van der Waals surface area contributed by atoms with E-state index in [1.54, 1.807) is 0 Å². The van der Waals surface area contributed by atoms with Crippen LogP contribution < -0.4 is 31.5 Å². The third kappa shape index (κ3) is 14.1. The summed E-state index contributed by atoms with van der Waals surface area (Å²) in [4.78, 5) is 37.4. The van der Waals surface area contributed by atoms with Crippen molar-refractivity contribution >= 4 is 13.7 Å². The Hall–Kier alpha value is -1.28. The lowest BCUT2D eigenvalue weighted by Crippen LogP contribution is -2.45. The van der Waals surface area contributed by atoms with E-state index in [1.165, 1.54) is 5.56 Å². The van der Waals surface area contributed by atoms with E-state index in [4.69, 9.17) is 30.7 Å². The third-order valence-corrected chi connectivity index (χ3v) is 2.83. The average Bonchev–Trinajstić information content (AvgIpc) is 2.43. The van der Waals surface area contributed by atoms with Gasteiger partial charge in [0.25, 0.3) is 0 Å². The highest BCUT2D eigenvalue weighted by atomic mass is 31.2. The molecule has 132 valence electrons. The number of carbonyl (C=O) groups is 1. The molecular formula is C14H23N3O5P-3. The van der Waals surface area contributed by atoms with Gasteiger partial charge in [-0.1, -0.05) is 30.3 Å². The van der Waals surface area contributed by atoms with Crippen LogP contribution in [0.3, 0.4) is 0 Å². The van der Waals surface area contributed by atoms with E-state index in [0.717, 1.165) is 12.8 Å². The molecule has 2 atom stereocenters. The van der Waals surface area contributed by atoms with E-state index in [1.807, 2.05) is 25.1 Å². The zero-order valence-corrected chi connectivity index (χ0v) is 13.9. The van der Waals surface area contributed by atoms with Gasteiger partial charge in [0.1, 0.15) is 0 Å². The molecular weight excluding hydrogens is 321 g/mol. The molecule has 1 aromatic carbocycles. The molecule has 0 radical (unpaired) electrons. The Morgan fingerprint density at radius 3 is 2.26 bits per heavy atom. The number of phosphoric acid groups is 1. The van der Waals surface area contributed by atoms with Crippen molar-refractivity contribution in [2.45, 2.75) is 38.3 Å². The van der Waals surface area contributed by atoms with Crippen molar-refractivity contribution in [2.24, 2.45) is 11.5 Å². The van der Waals surface area contributed by atoms with Crippen molar-refractivity contribution in [2.75, 3.05) is 6.54 Å². The summed E-state index contributed by atoms with van der Waals surface area (Å²) in [6.45, 7) is 2.56. The SMILES string of the molecule is C[C@@H](Cc1ccccc1)NC(=O)C(N)CCCN.O=P([O-])([O-])[O-]. The second-order valence-corrected chi connectivity index (χ2v) is 5.98. The maximum atomic E-state index is 11.8. The lowest BCUT2D eigenvalue weighted by Gasteiger charge is -2.36. The molecule has 0 aliphatic carbocycles. The maximum absolute atomic E-state index is 11.8. The van der Waals surface area contributed by atoms with Gasteiger partial charge < -0.3 is 36.0 Å². The molecule has 0 aromatic heterocycles. The summed E-state index contributed by atoms with van der Waals surface area (Å²) in [5, 5.41) is 2.93. The zero-order chi connectivity index (χ0) is 17.9. The van der Waals surface area contributed by atoms with Crippen molar-refractivity contribution in [3.05, 3.63) is 35.9 Å². The number of benzene rings is 1. The molecule has 0 bridgehead atoms. The topological polar surface area (TPSA) is 167 Å². The van der Waals surface area contributed by atoms with Crippen molar-refractivity contribution in [1.82, 2.24) is 5.32 Å². The van der Waals surface area contributed by atoms with Gasteiger partial charge in [-0.05, 0) is 38.3 Å². The van der Waals surface area contributed by atoms with Crippen LogP contribution in [0, 0.1) is 0 Å². The molecule has 8 nitrogen and oxygen atoms in total. The summed E-state index contributed by atoms with van der Waals surface area (Å²) in [6, 6.07) is 9.72. The van der Waals surface area contributed by atoms with Crippen LogP contribution >= 0.6 is 7.82 Å². The summed E-state index contributed by atoms with van der Waals surface area (Å²) in [7, 11) is -5.39. The normalized spacial score (nSPS) is 13.5. The number of carbonyl (C=O) groups excluding carboxylic acids is 1. The highest BCUT2D eigenvalue weighted by Crippen LogP contribution is 2.04. The quantitative estimate of drug-likeness (QED) is 0.479. The molecule has 1 amide bonds. The number of hydrogen-bond acceptors (Lipinski definition) is 7. The highest BCUT2D eigenvalue weighted by Gasteiger charge is 2.15. The Labute approximate surface area is 136 Å². The number of amides is 1. The van der Waals surface area contributed by atoms with Crippen molar-refractivity contribution in [3.63, 3.8) is 0 Å².